The molecule has 1 aliphatic rings. The summed E-state index contributed by atoms with van der Waals surface area (Å²) in [5.41, 5.74) is 1.38. The van der Waals surface area contributed by atoms with Crippen molar-refractivity contribution in [1.82, 2.24) is 0 Å². The molecule has 1 rings (SSSR count). The molecule has 1 heteroatoms. The number of hydrogen-bond donors (Lipinski definition) is 0. The molecule has 11 heavy (non-hydrogen) atoms. The Bertz CT molecular complexity index is 166. The van der Waals surface area contributed by atoms with Crippen LogP contribution in [0.3, 0.4) is 0 Å². The first-order chi connectivity index (χ1) is 4.68. The molecule has 1 radical (unpaired) electrons. The summed E-state index contributed by atoms with van der Waals surface area (Å²) in [5, 5.41) is 0. The molecular weight excluding hydrogens is 211 g/mol. The summed E-state index contributed by atoms with van der Waals surface area (Å²) in [6, 6.07) is 0. The van der Waals surface area contributed by atoms with Gasteiger partial charge < -0.3 is 0 Å². The number of hydrogen-bond acceptors (Lipinski definition) is 0. The molecule has 0 fully saturated rings. The van der Waals surface area contributed by atoms with Gasteiger partial charge in [-0.1, -0.05) is 37.6 Å². The van der Waals surface area contributed by atoms with Gasteiger partial charge in [0.05, 0.1) is 0 Å². The summed E-state index contributed by atoms with van der Waals surface area (Å²) in [4.78, 5) is 0. The zero-order valence-electron chi connectivity index (χ0n) is 7.52. The van der Waals surface area contributed by atoms with Gasteiger partial charge in [0.1, 0.15) is 0 Å². The zero-order chi connectivity index (χ0) is 7.56. The predicted octanol–water partition coefficient (Wildman–Crippen LogP) is 3.12. The maximum absolute atomic E-state index is 2.26. The molecule has 0 heterocycles. The first kappa shape index (κ1) is 11.4. The van der Waals surface area contributed by atoms with E-state index in [2.05, 4.69) is 39.0 Å². The Balaban J connectivity index is 0.000001000. The fourth-order valence-electron chi connectivity index (χ4n) is 1.23. The van der Waals surface area contributed by atoms with Crippen molar-refractivity contribution in [1.29, 1.82) is 0 Å². The summed E-state index contributed by atoms with van der Waals surface area (Å²) in [6.45, 7) is 6.65. The van der Waals surface area contributed by atoms with Gasteiger partial charge in [-0.15, -0.1) is 0 Å². The molecule has 0 spiro atoms. The molecule has 0 unspecified atom stereocenters. The zero-order valence-corrected chi connectivity index (χ0v) is 9.97. The number of rotatable bonds is 2. The van der Waals surface area contributed by atoms with Crippen LogP contribution in [-0.4, -0.2) is 0 Å². The van der Waals surface area contributed by atoms with Gasteiger partial charge in [-0.25, -0.2) is 0 Å². The van der Waals surface area contributed by atoms with Crippen LogP contribution in [0.4, 0.5) is 0 Å². The van der Waals surface area contributed by atoms with E-state index in [0.717, 1.165) is 5.92 Å². The van der Waals surface area contributed by atoms with E-state index in [0.29, 0.717) is 0 Å². The van der Waals surface area contributed by atoms with E-state index >= 15 is 0 Å². The largest absolute Gasteiger partial charge is 0.0731 e. The maximum atomic E-state index is 2.26. The van der Waals surface area contributed by atoms with Crippen LogP contribution < -0.4 is 0 Å². The van der Waals surface area contributed by atoms with E-state index in [1.54, 1.807) is 0 Å². The van der Waals surface area contributed by atoms with Crippen molar-refractivity contribution in [2.45, 2.75) is 27.2 Å². The molecule has 0 N–H and O–H groups in total. The van der Waals surface area contributed by atoms with Crippen LogP contribution in [-0.2, 0) is 26.2 Å². The van der Waals surface area contributed by atoms with E-state index in [-0.39, 0.29) is 26.2 Å². The SMILES string of the molecule is CC1=C[C](CC(C)C)C=C1.[Zr]. The van der Waals surface area contributed by atoms with Crippen molar-refractivity contribution in [2.75, 3.05) is 0 Å². The summed E-state index contributed by atoms with van der Waals surface area (Å²) >= 11 is 0. The Kier molecular flexibility index (Phi) is 5.26. The van der Waals surface area contributed by atoms with Crippen LogP contribution >= 0.6 is 0 Å². The van der Waals surface area contributed by atoms with Crippen molar-refractivity contribution in [3.05, 3.63) is 29.7 Å². The molecule has 0 aromatic heterocycles. The minimum Gasteiger partial charge on any atom is -0.0731 e. The third-order valence-electron chi connectivity index (χ3n) is 1.62. The van der Waals surface area contributed by atoms with E-state index in [4.69, 9.17) is 0 Å². The monoisotopic (exact) mass is 225 g/mol. The first-order valence-electron chi connectivity index (χ1n) is 3.90. The van der Waals surface area contributed by atoms with E-state index in [1.165, 1.54) is 17.9 Å². The van der Waals surface area contributed by atoms with Crippen molar-refractivity contribution >= 4 is 0 Å². The van der Waals surface area contributed by atoms with Crippen molar-refractivity contribution < 1.29 is 26.2 Å². The van der Waals surface area contributed by atoms with Crippen LogP contribution in [0.25, 0.3) is 0 Å². The van der Waals surface area contributed by atoms with Crippen LogP contribution in [0.2, 0.25) is 0 Å². The molecule has 0 aromatic carbocycles. The molecule has 0 bridgehead atoms. The second-order valence-electron chi connectivity index (χ2n) is 3.39. The third kappa shape index (κ3) is 4.06. The van der Waals surface area contributed by atoms with Crippen LogP contribution in [0.5, 0.6) is 0 Å². The fourth-order valence-corrected chi connectivity index (χ4v) is 1.23. The minimum atomic E-state index is 0. The van der Waals surface area contributed by atoms with Gasteiger partial charge in [-0.3, -0.25) is 0 Å². The van der Waals surface area contributed by atoms with E-state index in [9.17, 15) is 0 Å². The maximum Gasteiger partial charge on any atom is 0.0198 e. The molecule has 1 aliphatic carbocycles. The summed E-state index contributed by atoms with van der Waals surface area (Å²) in [5.74, 6) is 2.26. The van der Waals surface area contributed by atoms with Gasteiger partial charge in [-0.05, 0) is 19.3 Å². The second-order valence-corrected chi connectivity index (χ2v) is 3.39. The predicted molar refractivity (Wildman–Crippen MR) is 45.6 cm³/mol. The quantitative estimate of drug-likeness (QED) is 0.679. The van der Waals surface area contributed by atoms with Gasteiger partial charge in [0.15, 0.2) is 0 Å². The molecule has 59 valence electrons. The van der Waals surface area contributed by atoms with Crippen molar-refractivity contribution in [3.8, 4) is 0 Å². The van der Waals surface area contributed by atoms with Crippen LogP contribution in [0.1, 0.15) is 27.2 Å². The molecule has 0 aromatic rings. The molecular formula is C10H15Zr. The normalized spacial score (nSPS) is 16.9. The Morgan fingerprint density at radius 2 is 1.91 bits per heavy atom. The average molecular weight is 226 g/mol. The number of allylic oxidation sites excluding steroid dienone is 4. The molecule has 0 aliphatic heterocycles. The molecule has 0 saturated heterocycles. The topological polar surface area (TPSA) is 0 Å². The minimum absolute atomic E-state index is 0. The standard InChI is InChI=1S/C10H15.Zr/c1-8(2)6-10-5-4-9(3)7-10;/h4-5,7-8H,6H2,1-3H3;. The summed E-state index contributed by atoms with van der Waals surface area (Å²) < 4.78 is 0. The van der Waals surface area contributed by atoms with E-state index in [1.807, 2.05) is 0 Å². The molecule has 0 amide bonds. The molecule has 0 saturated carbocycles. The summed E-state index contributed by atoms with van der Waals surface area (Å²) in [6.07, 6.45) is 7.88. The van der Waals surface area contributed by atoms with Gasteiger partial charge in [0.2, 0.25) is 0 Å². The first-order valence-corrected chi connectivity index (χ1v) is 3.90. The smallest absolute Gasteiger partial charge is 0.0198 e. The Morgan fingerprint density at radius 1 is 1.27 bits per heavy atom. The van der Waals surface area contributed by atoms with Gasteiger partial charge in [0.25, 0.3) is 0 Å². The molecule has 0 atom stereocenters. The average Bonchev–Trinajstić information content (AvgIpc) is 2.13. The Labute approximate surface area is 88.9 Å². The second kappa shape index (κ2) is 5.09. The summed E-state index contributed by atoms with van der Waals surface area (Å²) in [7, 11) is 0. The van der Waals surface area contributed by atoms with Crippen LogP contribution in [0, 0.1) is 11.8 Å². The van der Waals surface area contributed by atoms with Gasteiger partial charge in [-0.2, -0.15) is 0 Å². The Morgan fingerprint density at radius 3 is 2.27 bits per heavy atom. The van der Waals surface area contributed by atoms with Gasteiger partial charge >= 0.3 is 0 Å². The van der Waals surface area contributed by atoms with Crippen LogP contribution in [0.15, 0.2) is 23.8 Å². The molecule has 0 nitrogen and oxygen atoms in total. The van der Waals surface area contributed by atoms with Crippen molar-refractivity contribution in [2.24, 2.45) is 5.92 Å². The van der Waals surface area contributed by atoms with Crippen molar-refractivity contribution in [3.63, 3.8) is 0 Å². The third-order valence-corrected chi connectivity index (χ3v) is 1.62. The van der Waals surface area contributed by atoms with E-state index < -0.39 is 0 Å². The Hall–Kier alpha value is 0.363. The fraction of sp³-hybridized carbons (Fsp3) is 0.500. The van der Waals surface area contributed by atoms with Gasteiger partial charge in [0, 0.05) is 32.1 Å².